The van der Waals surface area contributed by atoms with E-state index in [-0.39, 0.29) is 18.4 Å². The average Bonchev–Trinajstić information content (AvgIpc) is 3.36. The highest BCUT2D eigenvalue weighted by Crippen LogP contribution is 2.29. The molecule has 0 saturated heterocycles. The standard InChI is InChI=1S/C17H16N4O3S3/c1-24-12-6-4-11(5-7-12)15(23)18-9-14(22)19-16-20-21-17(27-16)26-10-13-3-2-8-25-13/h2-8H,9-10H2,1H3,(H,18,23)(H,19,20,22). The van der Waals surface area contributed by atoms with Crippen LogP contribution in [0.15, 0.2) is 46.1 Å². The van der Waals surface area contributed by atoms with Gasteiger partial charge < -0.3 is 10.1 Å². The number of aromatic nitrogens is 2. The van der Waals surface area contributed by atoms with Gasteiger partial charge in [0.1, 0.15) is 5.75 Å². The monoisotopic (exact) mass is 420 g/mol. The van der Waals surface area contributed by atoms with E-state index in [0.29, 0.717) is 16.4 Å². The Morgan fingerprint density at radius 3 is 2.70 bits per heavy atom. The Balaban J connectivity index is 1.44. The summed E-state index contributed by atoms with van der Waals surface area (Å²) >= 11 is 4.56. The van der Waals surface area contributed by atoms with Crippen LogP contribution in [0.25, 0.3) is 0 Å². The average molecular weight is 421 g/mol. The van der Waals surface area contributed by atoms with E-state index in [1.807, 2.05) is 11.4 Å². The summed E-state index contributed by atoms with van der Waals surface area (Å²) in [5.74, 6) is 0.784. The second kappa shape index (κ2) is 9.49. The van der Waals surface area contributed by atoms with E-state index in [9.17, 15) is 9.59 Å². The van der Waals surface area contributed by atoms with Crippen LogP contribution in [0.5, 0.6) is 5.75 Å². The Bertz CT molecular complexity index is 895. The van der Waals surface area contributed by atoms with E-state index in [2.05, 4.69) is 26.9 Å². The van der Waals surface area contributed by atoms with Gasteiger partial charge >= 0.3 is 0 Å². The zero-order valence-electron chi connectivity index (χ0n) is 14.3. The summed E-state index contributed by atoms with van der Waals surface area (Å²) in [4.78, 5) is 25.3. The van der Waals surface area contributed by atoms with Crippen molar-refractivity contribution < 1.29 is 14.3 Å². The van der Waals surface area contributed by atoms with Crippen LogP contribution >= 0.6 is 34.4 Å². The molecule has 0 spiro atoms. The molecule has 0 aliphatic heterocycles. The van der Waals surface area contributed by atoms with Crippen molar-refractivity contribution in [3.63, 3.8) is 0 Å². The molecule has 0 saturated carbocycles. The summed E-state index contributed by atoms with van der Waals surface area (Å²) in [5.41, 5.74) is 0.451. The number of nitrogens with zero attached hydrogens (tertiary/aromatic N) is 2. The highest BCUT2D eigenvalue weighted by Gasteiger charge is 2.11. The maximum Gasteiger partial charge on any atom is 0.251 e. The van der Waals surface area contributed by atoms with Crippen LogP contribution in [0.3, 0.4) is 0 Å². The molecule has 27 heavy (non-hydrogen) atoms. The fourth-order valence-corrected chi connectivity index (χ4v) is 4.56. The quantitative estimate of drug-likeness (QED) is 0.429. The molecule has 0 unspecified atom stereocenters. The maximum atomic E-state index is 12.0. The first-order chi connectivity index (χ1) is 13.1. The number of amides is 2. The molecule has 3 aromatic rings. The second-order valence-electron chi connectivity index (χ2n) is 5.20. The molecule has 2 heterocycles. The largest absolute Gasteiger partial charge is 0.497 e. The fraction of sp³-hybridized carbons (Fsp3) is 0.176. The van der Waals surface area contributed by atoms with Gasteiger partial charge in [-0.3, -0.25) is 14.9 Å². The zero-order chi connectivity index (χ0) is 19.1. The lowest BCUT2D eigenvalue weighted by Crippen LogP contribution is -2.32. The summed E-state index contributed by atoms with van der Waals surface area (Å²) in [6.07, 6.45) is 0. The lowest BCUT2D eigenvalue weighted by molar-refractivity contribution is -0.115. The summed E-state index contributed by atoms with van der Waals surface area (Å²) in [6, 6.07) is 10.7. The molecule has 3 rings (SSSR count). The summed E-state index contributed by atoms with van der Waals surface area (Å²) in [5, 5.41) is 15.7. The molecule has 7 nitrogen and oxygen atoms in total. The number of carbonyl (C=O) groups excluding carboxylic acids is 2. The van der Waals surface area contributed by atoms with Crippen LogP contribution in [0, 0.1) is 0 Å². The van der Waals surface area contributed by atoms with Gasteiger partial charge in [0.2, 0.25) is 11.0 Å². The lowest BCUT2D eigenvalue weighted by atomic mass is 10.2. The number of anilines is 1. The van der Waals surface area contributed by atoms with E-state index < -0.39 is 0 Å². The SMILES string of the molecule is COc1ccc(C(=O)NCC(=O)Nc2nnc(SCc3cccs3)s2)cc1. The molecule has 1 aromatic carbocycles. The molecule has 10 heteroatoms. The Labute approximate surface area is 168 Å². The first-order valence-electron chi connectivity index (χ1n) is 7.85. The molecule has 2 N–H and O–H groups in total. The molecule has 0 fully saturated rings. The highest BCUT2D eigenvalue weighted by atomic mass is 32.2. The van der Waals surface area contributed by atoms with Crippen LogP contribution in [-0.2, 0) is 10.5 Å². The lowest BCUT2D eigenvalue weighted by Gasteiger charge is -2.05. The number of thiophene rings is 1. The first-order valence-corrected chi connectivity index (χ1v) is 10.5. The van der Waals surface area contributed by atoms with Gasteiger partial charge in [-0.15, -0.1) is 21.5 Å². The zero-order valence-corrected chi connectivity index (χ0v) is 16.7. The molecular formula is C17H16N4O3S3. The topological polar surface area (TPSA) is 93.2 Å². The van der Waals surface area contributed by atoms with Gasteiger partial charge in [-0.1, -0.05) is 29.2 Å². The van der Waals surface area contributed by atoms with Crippen molar-refractivity contribution in [2.75, 3.05) is 19.0 Å². The summed E-state index contributed by atoms with van der Waals surface area (Å²) < 4.78 is 5.82. The van der Waals surface area contributed by atoms with Gasteiger partial charge in [0.15, 0.2) is 4.34 Å². The summed E-state index contributed by atoms with van der Waals surface area (Å²) in [7, 11) is 1.55. The number of hydrogen-bond acceptors (Lipinski definition) is 8. The van der Waals surface area contributed by atoms with Crippen molar-refractivity contribution in [3.8, 4) is 5.75 Å². The molecule has 0 atom stereocenters. The number of thioether (sulfide) groups is 1. The Morgan fingerprint density at radius 2 is 2.00 bits per heavy atom. The molecule has 0 aliphatic carbocycles. The van der Waals surface area contributed by atoms with E-state index in [1.54, 1.807) is 54.5 Å². The number of nitrogens with one attached hydrogen (secondary N) is 2. The number of carbonyl (C=O) groups is 2. The number of methoxy groups -OCH3 is 1. The van der Waals surface area contributed by atoms with Gasteiger partial charge in [0, 0.05) is 16.2 Å². The van der Waals surface area contributed by atoms with Crippen molar-refractivity contribution in [1.82, 2.24) is 15.5 Å². The minimum atomic E-state index is -0.359. The molecule has 0 bridgehead atoms. The van der Waals surface area contributed by atoms with Crippen LogP contribution in [-0.4, -0.2) is 35.7 Å². The van der Waals surface area contributed by atoms with Crippen LogP contribution in [0.4, 0.5) is 5.13 Å². The van der Waals surface area contributed by atoms with Gasteiger partial charge in [-0.25, -0.2) is 0 Å². The van der Waals surface area contributed by atoms with Crippen molar-refractivity contribution >= 4 is 51.4 Å². The predicted molar refractivity (Wildman–Crippen MR) is 108 cm³/mol. The van der Waals surface area contributed by atoms with Gasteiger partial charge in [-0.2, -0.15) is 0 Å². The molecular weight excluding hydrogens is 404 g/mol. The normalized spacial score (nSPS) is 10.4. The minimum absolute atomic E-state index is 0.151. The van der Waals surface area contributed by atoms with E-state index >= 15 is 0 Å². The van der Waals surface area contributed by atoms with E-state index in [1.165, 1.54) is 16.2 Å². The molecule has 2 amide bonds. The third-order valence-corrected chi connectivity index (χ3v) is 6.41. The third kappa shape index (κ3) is 5.78. The van der Waals surface area contributed by atoms with Crippen LogP contribution in [0.2, 0.25) is 0 Å². The second-order valence-corrected chi connectivity index (χ2v) is 8.43. The van der Waals surface area contributed by atoms with E-state index in [4.69, 9.17) is 4.74 Å². The van der Waals surface area contributed by atoms with Crippen molar-refractivity contribution in [1.29, 1.82) is 0 Å². The van der Waals surface area contributed by atoms with Crippen LogP contribution < -0.4 is 15.4 Å². The Morgan fingerprint density at radius 1 is 1.19 bits per heavy atom. The Kier molecular flexibility index (Phi) is 6.80. The van der Waals surface area contributed by atoms with Crippen molar-refractivity contribution in [3.05, 3.63) is 52.2 Å². The minimum Gasteiger partial charge on any atom is -0.497 e. The van der Waals surface area contributed by atoms with Crippen molar-refractivity contribution in [2.24, 2.45) is 0 Å². The maximum absolute atomic E-state index is 12.0. The first kappa shape index (κ1) is 19.3. The van der Waals surface area contributed by atoms with Gasteiger partial charge in [-0.05, 0) is 35.7 Å². The molecule has 0 radical (unpaired) electrons. The van der Waals surface area contributed by atoms with Crippen molar-refractivity contribution in [2.45, 2.75) is 10.1 Å². The highest BCUT2D eigenvalue weighted by molar-refractivity contribution is 8.00. The predicted octanol–water partition coefficient (Wildman–Crippen LogP) is 3.27. The third-order valence-electron chi connectivity index (χ3n) is 3.33. The molecule has 0 aliphatic rings. The number of hydrogen-bond donors (Lipinski definition) is 2. The Hall–Kier alpha value is -2.43. The van der Waals surface area contributed by atoms with Gasteiger partial charge in [0.25, 0.3) is 5.91 Å². The van der Waals surface area contributed by atoms with Gasteiger partial charge in [0.05, 0.1) is 13.7 Å². The summed E-state index contributed by atoms with van der Waals surface area (Å²) in [6.45, 7) is -0.151. The van der Waals surface area contributed by atoms with E-state index in [0.717, 1.165) is 10.1 Å². The fourth-order valence-electron chi connectivity index (χ4n) is 2.01. The molecule has 140 valence electrons. The number of rotatable bonds is 8. The smallest absolute Gasteiger partial charge is 0.251 e. The van der Waals surface area contributed by atoms with Crippen LogP contribution in [0.1, 0.15) is 15.2 Å². The number of benzene rings is 1. The number of ether oxygens (including phenoxy) is 1. The molecule has 2 aromatic heterocycles.